The number of primary amides is 1. The van der Waals surface area contributed by atoms with Gasteiger partial charge in [-0.1, -0.05) is 24.1 Å². The predicted molar refractivity (Wildman–Crippen MR) is 132 cm³/mol. The lowest BCUT2D eigenvalue weighted by molar-refractivity contribution is -0.125. The van der Waals surface area contributed by atoms with E-state index >= 15 is 0 Å². The van der Waals surface area contributed by atoms with Crippen LogP contribution in [0.4, 0.5) is 5.82 Å². The zero-order chi connectivity index (χ0) is 24.8. The van der Waals surface area contributed by atoms with Crippen molar-refractivity contribution < 1.29 is 14.3 Å². The largest absolute Gasteiger partial charge is 0.439 e. The van der Waals surface area contributed by atoms with E-state index in [9.17, 15) is 9.59 Å². The average molecular weight is 473 g/mol. The second-order valence-corrected chi connectivity index (χ2v) is 8.32. The van der Waals surface area contributed by atoms with Crippen molar-refractivity contribution >= 4 is 17.6 Å². The van der Waals surface area contributed by atoms with Crippen LogP contribution in [0.2, 0.25) is 0 Å². The summed E-state index contributed by atoms with van der Waals surface area (Å²) in [6.07, 6.45) is 4.65. The van der Waals surface area contributed by atoms with E-state index in [1.807, 2.05) is 30.3 Å². The molecule has 9 nitrogen and oxygen atoms in total. The molecule has 0 aliphatic carbocycles. The van der Waals surface area contributed by atoms with Crippen LogP contribution in [-0.2, 0) is 4.79 Å². The number of likely N-dealkylation sites (tertiary alicyclic amines) is 1. The highest BCUT2D eigenvalue weighted by Gasteiger charge is 2.27. The van der Waals surface area contributed by atoms with Gasteiger partial charge in [0.25, 0.3) is 11.8 Å². The number of hydrogen-bond donors (Lipinski definition) is 2. The number of para-hydroxylation sites is 1. The molecule has 0 atom stereocenters. The lowest BCUT2D eigenvalue weighted by Gasteiger charge is -2.27. The van der Waals surface area contributed by atoms with Crippen LogP contribution in [0, 0.1) is 11.8 Å². The van der Waals surface area contributed by atoms with Crippen LogP contribution in [-0.4, -0.2) is 44.6 Å². The minimum Gasteiger partial charge on any atom is -0.439 e. The Hall–Kier alpha value is -4.32. The average Bonchev–Trinajstić information content (AvgIpc) is 3.17. The van der Waals surface area contributed by atoms with Gasteiger partial charge in [-0.25, -0.2) is 9.67 Å². The van der Waals surface area contributed by atoms with Gasteiger partial charge in [-0.3, -0.25) is 9.59 Å². The Morgan fingerprint density at radius 2 is 1.80 bits per heavy atom. The van der Waals surface area contributed by atoms with Crippen LogP contribution in [0.5, 0.6) is 11.6 Å². The first-order chi connectivity index (χ1) is 17.0. The number of aromatic nitrogens is 3. The normalized spacial score (nSPS) is 14.4. The summed E-state index contributed by atoms with van der Waals surface area (Å²) in [4.78, 5) is 30.6. The van der Waals surface area contributed by atoms with Gasteiger partial charge in [-0.15, -0.1) is 0 Å². The van der Waals surface area contributed by atoms with Crippen molar-refractivity contribution in [2.24, 2.45) is 5.73 Å². The quantitative estimate of drug-likeness (QED) is 0.548. The summed E-state index contributed by atoms with van der Waals surface area (Å²) >= 11 is 0. The van der Waals surface area contributed by atoms with E-state index in [-0.39, 0.29) is 23.3 Å². The van der Waals surface area contributed by atoms with Crippen LogP contribution in [0.15, 0.2) is 48.7 Å². The first kappa shape index (κ1) is 23.8. The maximum atomic E-state index is 12.3. The van der Waals surface area contributed by atoms with Crippen LogP contribution in [0.3, 0.4) is 0 Å². The van der Waals surface area contributed by atoms with E-state index < -0.39 is 5.91 Å². The van der Waals surface area contributed by atoms with Crippen molar-refractivity contribution in [3.63, 3.8) is 0 Å². The molecular formula is C26H28N6O3. The molecule has 4 N–H and O–H groups in total. The molecule has 0 unspecified atom stereocenters. The number of pyridine rings is 1. The Labute approximate surface area is 204 Å². The molecule has 1 aliphatic rings. The molecule has 3 heterocycles. The number of hydrogen-bond acceptors (Lipinski definition) is 6. The molecule has 0 radical (unpaired) electrons. The summed E-state index contributed by atoms with van der Waals surface area (Å²) in [6, 6.07) is 12.8. The smallest absolute Gasteiger partial charge is 0.298 e. The molecule has 1 saturated heterocycles. The Morgan fingerprint density at radius 1 is 1.09 bits per heavy atom. The third-order valence-corrected chi connectivity index (χ3v) is 5.97. The van der Waals surface area contributed by atoms with E-state index in [2.05, 4.69) is 16.8 Å². The topological polar surface area (TPSA) is 129 Å². The zero-order valence-electron chi connectivity index (χ0n) is 19.6. The van der Waals surface area contributed by atoms with Gasteiger partial charge in [0.15, 0.2) is 0 Å². The summed E-state index contributed by atoms with van der Waals surface area (Å²) in [6.45, 7) is 2.90. The Morgan fingerprint density at radius 3 is 2.40 bits per heavy atom. The number of amides is 2. The Balaban J connectivity index is 1.55. The Kier molecular flexibility index (Phi) is 7.31. The highest BCUT2D eigenvalue weighted by molar-refractivity contribution is 6.03. The van der Waals surface area contributed by atoms with E-state index in [1.165, 1.54) is 0 Å². The standard InChI is InChI=1S/C26H28N6O3/c1-2-8-22(33)31-15-6-9-19(10-7-16-31)32-25(27)23(26(28)34)24(30-32)18-13-14-21(29-17-18)35-20-11-4-3-5-12-20/h3-5,11-14,17,19H,6-7,9-10,15-16,27H2,1H3,(H2,28,34). The third kappa shape index (κ3) is 5.44. The molecule has 1 aromatic carbocycles. The molecule has 0 spiro atoms. The van der Waals surface area contributed by atoms with Gasteiger partial charge < -0.3 is 21.1 Å². The molecular weight excluding hydrogens is 444 g/mol. The van der Waals surface area contributed by atoms with Crippen molar-refractivity contribution in [1.29, 1.82) is 0 Å². The number of carbonyl (C=O) groups excluding carboxylic acids is 2. The zero-order valence-corrected chi connectivity index (χ0v) is 19.6. The maximum absolute atomic E-state index is 12.3. The number of nitrogens with zero attached hydrogens (tertiary/aromatic N) is 4. The second-order valence-electron chi connectivity index (χ2n) is 8.32. The van der Waals surface area contributed by atoms with Gasteiger partial charge in [0.05, 0.1) is 6.04 Å². The summed E-state index contributed by atoms with van der Waals surface area (Å²) < 4.78 is 7.45. The fraction of sp³-hybridized carbons (Fsp3) is 0.308. The lowest BCUT2D eigenvalue weighted by Crippen LogP contribution is -2.34. The van der Waals surface area contributed by atoms with Gasteiger partial charge in [-0.05, 0) is 56.7 Å². The summed E-state index contributed by atoms with van der Waals surface area (Å²) in [5.74, 6) is 5.82. The van der Waals surface area contributed by atoms with Gasteiger partial charge in [0, 0.05) is 30.9 Å². The highest BCUT2D eigenvalue weighted by Crippen LogP contribution is 2.33. The number of nitrogen functional groups attached to an aromatic ring is 1. The number of carbonyl (C=O) groups is 2. The van der Waals surface area contributed by atoms with E-state index in [0.717, 1.165) is 25.7 Å². The van der Waals surface area contributed by atoms with Crippen LogP contribution in [0.25, 0.3) is 11.3 Å². The lowest BCUT2D eigenvalue weighted by atomic mass is 10.0. The Bertz CT molecular complexity index is 1250. The maximum Gasteiger partial charge on any atom is 0.298 e. The number of rotatable bonds is 5. The molecule has 2 aromatic heterocycles. The molecule has 1 fully saturated rings. The molecule has 3 aromatic rings. The number of anilines is 1. The fourth-order valence-electron chi connectivity index (χ4n) is 4.29. The van der Waals surface area contributed by atoms with E-state index in [0.29, 0.717) is 36.0 Å². The second kappa shape index (κ2) is 10.7. The fourth-order valence-corrected chi connectivity index (χ4v) is 4.29. The van der Waals surface area contributed by atoms with E-state index in [1.54, 1.807) is 34.8 Å². The highest BCUT2D eigenvalue weighted by atomic mass is 16.5. The SMILES string of the molecule is CC#CC(=O)N1CCCC(n2nc(-c3ccc(Oc4ccccc4)nc3)c(C(N)=O)c2N)CCC1. The van der Waals surface area contributed by atoms with Crippen molar-refractivity contribution in [2.45, 2.75) is 38.6 Å². The summed E-state index contributed by atoms with van der Waals surface area (Å²) in [7, 11) is 0. The van der Waals surface area contributed by atoms with Crippen LogP contribution < -0.4 is 16.2 Å². The molecule has 0 saturated carbocycles. The monoisotopic (exact) mass is 472 g/mol. The number of nitrogens with two attached hydrogens (primary N) is 2. The van der Waals surface area contributed by atoms with Gasteiger partial charge in [0.1, 0.15) is 22.8 Å². The molecule has 2 amide bonds. The third-order valence-electron chi connectivity index (χ3n) is 5.97. The van der Waals surface area contributed by atoms with Crippen molar-refractivity contribution in [3.05, 3.63) is 54.2 Å². The van der Waals surface area contributed by atoms with Crippen molar-refractivity contribution in [3.8, 4) is 34.7 Å². The molecule has 180 valence electrons. The summed E-state index contributed by atoms with van der Waals surface area (Å²) in [5, 5.41) is 4.70. The summed E-state index contributed by atoms with van der Waals surface area (Å²) in [5.41, 5.74) is 13.3. The van der Waals surface area contributed by atoms with Gasteiger partial charge >= 0.3 is 0 Å². The predicted octanol–water partition coefficient (Wildman–Crippen LogP) is 3.39. The van der Waals surface area contributed by atoms with Crippen molar-refractivity contribution in [1.82, 2.24) is 19.7 Å². The van der Waals surface area contributed by atoms with E-state index in [4.69, 9.17) is 21.3 Å². The molecule has 9 heteroatoms. The van der Waals surface area contributed by atoms with Gasteiger partial charge in [-0.2, -0.15) is 5.10 Å². The van der Waals surface area contributed by atoms with Crippen LogP contribution in [0.1, 0.15) is 49.0 Å². The van der Waals surface area contributed by atoms with Gasteiger partial charge in [0.2, 0.25) is 5.88 Å². The molecule has 1 aliphatic heterocycles. The minimum atomic E-state index is -0.644. The first-order valence-corrected chi connectivity index (χ1v) is 11.6. The molecule has 4 rings (SSSR count). The minimum absolute atomic E-state index is 0.00925. The van der Waals surface area contributed by atoms with Crippen LogP contribution >= 0.6 is 0 Å². The number of ether oxygens (including phenoxy) is 1. The van der Waals surface area contributed by atoms with Crippen molar-refractivity contribution in [2.75, 3.05) is 18.8 Å². The first-order valence-electron chi connectivity index (χ1n) is 11.6. The number of benzene rings is 1. The molecule has 0 bridgehead atoms. The molecule has 35 heavy (non-hydrogen) atoms.